The van der Waals surface area contributed by atoms with Crippen LogP contribution in [-0.2, 0) is 0 Å². The normalized spacial score (nSPS) is 30.9. The van der Waals surface area contributed by atoms with Gasteiger partial charge in [-0.1, -0.05) is 52.9 Å². The Kier molecular flexibility index (Phi) is 5.82. The molecule has 0 spiro atoms. The Morgan fingerprint density at radius 2 is 2.06 bits per heavy atom. The first-order valence-electron chi connectivity index (χ1n) is 7.34. The maximum atomic E-state index is 6.57. The Hall–Kier alpha value is -0.0400. The molecule has 0 aliphatic heterocycles. The van der Waals surface area contributed by atoms with Crippen LogP contribution in [0.5, 0.6) is 0 Å². The first-order chi connectivity index (χ1) is 7.56. The van der Waals surface area contributed by atoms with Crippen molar-refractivity contribution in [3.05, 3.63) is 0 Å². The van der Waals surface area contributed by atoms with Crippen molar-refractivity contribution in [1.29, 1.82) is 0 Å². The van der Waals surface area contributed by atoms with Crippen molar-refractivity contribution in [3.63, 3.8) is 0 Å². The first kappa shape index (κ1) is 14.0. The van der Waals surface area contributed by atoms with Crippen molar-refractivity contribution in [2.45, 2.75) is 84.1 Å². The van der Waals surface area contributed by atoms with E-state index in [4.69, 9.17) is 5.73 Å². The maximum absolute atomic E-state index is 6.57. The molecule has 2 atom stereocenters. The lowest BCUT2D eigenvalue weighted by molar-refractivity contribution is 0.188. The van der Waals surface area contributed by atoms with Gasteiger partial charge in [-0.05, 0) is 37.5 Å². The van der Waals surface area contributed by atoms with Gasteiger partial charge in [-0.25, -0.2) is 0 Å². The van der Waals surface area contributed by atoms with Crippen molar-refractivity contribution >= 4 is 0 Å². The second-order valence-electron chi connectivity index (χ2n) is 6.41. The summed E-state index contributed by atoms with van der Waals surface area (Å²) in [4.78, 5) is 0. The average molecular weight is 225 g/mol. The highest BCUT2D eigenvalue weighted by atomic mass is 14.7. The molecule has 0 aromatic rings. The third kappa shape index (κ3) is 4.86. The lowest BCUT2D eigenvalue weighted by atomic mass is 9.71. The predicted octanol–water partition coefficient (Wildman–Crippen LogP) is 4.50. The zero-order valence-corrected chi connectivity index (χ0v) is 11.6. The standard InChI is InChI=1S/C15H31N/c1-4-5-6-9-15(16)10-7-8-14(12-15)11-13(2)3/h13-14H,4-12,16H2,1-3H3. The van der Waals surface area contributed by atoms with Gasteiger partial charge in [0.2, 0.25) is 0 Å². The molecule has 0 heterocycles. The molecule has 0 radical (unpaired) electrons. The molecule has 0 amide bonds. The lowest BCUT2D eigenvalue weighted by Gasteiger charge is -2.39. The topological polar surface area (TPSA) is 26.0 Å². The first-order valence-corrected chi connectivity index (χ1v) is 7.34. The van der Waals surface area contributed by atoms with E-state index in [0.717, 1.165) is 11.8 Å². The smallest absolute Gasteiger partial charge is 0.0157 e. The van der Waals surface area contributed by atoms with Crippen LogP contribution in [0.3, 0.4) is 0 Å². The summed E-state index contributed by atoms with van der Waals surface area (Å²) in [6.07, 6.45) is 12.0. The molecule has 1 saturated carbocycles. The Labute approximate surface area is 102 Å². The summed E-state index contributed by atoms with van der Waals surface area (Å²) in [6.45, 7) is 6.94. The molecule has 96 valence electrons. The number of hydrogen-bond acceptors (Lipinski definition) is 1. The van der Waals surface area contributed by atoms with Crippen LogP contribution in [0.1, 0.15) is 78.6 Å². The van der Waals surface area contributed by atoms with Crippen molar-refractivity contribution in [2.24, 2.45) is 17.6 Å². The zero-order valence-electron chi connectivity index (χ0n) is 11.6. The van der Waals surface area contributed by atoms with Crippen molar-refractivity contribution in [1.82, 2.24) is 0 Å². The van der Waals surface area contributed by atoms with Crippen molar-refractivity contribution < 1.29 is 0 Å². The van der Waals surface area contributed by atoms with Gasteiger partial charge in [0, 0.05) is 5.54 Å². The minimum absolute atomic E-state index is 0.187. The van der Waals surface area contributed by atoms with Gasteiger partial charge in [-0.3, -0.25) is 0 Å². The minimum Gasteiger partial charge on any atom is -0.325 e. The minimum atomic E-state index is 0.187. The largest absolute Gasteiger partial charge is 0.325 e. The van der Waals surface area contributed by atoms with Crippen LogP contribution in [0.2, 0.25) is 0 Å². The molecule has 0 aromatic carbocycles. The number of rotatable bonds is 6. The van der Waals surface area contributed by atoms with Gasteiger partial charge in [0.15, 0.2) is 0 Å². The Morgan fingerprint density at radius 1 is 1.31 bits per heavy atom. The molecule has 1 nitrogen and oxygen atoms in total. The van der Waals surface area contributed by atoms with E-state index >= 15 is 0 Å². The second kappa shape index (κ2) is 6.64. The average Bonchev–Trinajstić information content (AvgIpc) is 2.16. The van der Waals surface area contributed by atoms with E-state index < -0.39 is 0 Å². The molecule has 1 rings (SSSR count). The van der Waals surface area contributed by atoms with Crippen LogP contribution in [-0.4, -0.2) is 5.54 Å². The van der Waals surface area contributed by atoms with E-state index in [9.17, 15) is 0 Å². The Balaban J connectivity index is 2.35. The quantitative estimate of drug-likeness (QED) is 0.662. The summed E-state index contributed by atoms with van der Waals surface area (Å²) in [5.74, 6) is 1.74. The molecule has 0 saturated heterocycles. The highest BCUT2D eigenvalue weighted by Crippen LogP contribution is 2.37. The number of unbranched alkanes of at least 4 members (excludes halogenated alkanes) is 2. The molecule has 16 heavy (non-hydrogen) atoms. The van der Waals surface area contributed by atoms with Gasteiger partial charge in [0.05, 0.1) is 0 Å². The Morgan fingerprint density at radius 3 is 2.69 bits per heavy atom. The van der Waals surface area contributed by atoms with Crippen LogP contribution in [0.25, 0.3) is 0 Å². The summed E-state index contributed by atoms with van der Waals surface area (Å²) < 4.78 is 0. The summed E-state index contributed by atoms with van der Waals surface area (Å²) in [6, 6.07) is 0. The fraction of sp³-hybridized carbons (Fsp3) is 1.00. The third-order valence-corrected chi connectivity index (χ3v) is 4.07. The number of nitrogens with two attached hydrogens (primary N) is 1. The summed E-state index contributed by atoms with van der Waals surface area (Å²) in [7, 11) is 0. The van der Waals surface area contributed by atoms with Gasteiger partial charge < -0.3 is 5.73 Å². The van der Waals surface area contributed by atoms with Gasteiger partial charge in [0.1, 0.15) is 0 Å². The highest BCUT2D eigenvalue weighted by Gasteiger charge is 2.32. The molecule has 1 heteroatoms. The third-order valence-electron chi connectivity index (χ3n) is 4.07. The van der Waals surface area contributed by atoms with Crippen LogP contribution in [0.15, 0.2) is 0 Å². The zero-order chi connectivity index (χ0) is 12.0. The van der Waals surface area contributed by atoms with Crippen molar-refractivity contribution in [3.8, 4) is 0 Å². The van der Waals surface area contributed by atoms with Gasteiger partial charge in [0.25, 0.3) is 0 Å². The molecule has 2 unspecified atom stereocenters. The molecular formula is C15H31N. The SMILES string of the molecule is CCCCCC1(N)CCCC(CC(C)C)C1. The van der Waals surface area contributed by atoms with E-state index in [0.29, 0.717) is 0 Å². The molecule has 1 aliphatic rings. The Bertz CT molecular complexity index is 188. The van der Waals surface area contributed by atoms with Crippen LogP contribution >= 0.6 is 0 Å². The fourth-order valence-corrected chi connectivity index (χ4v) is 3.34. The van der Waals surface area contributed by atoms with Gasteiger partial charge in [-0.15, -0.1) is 0 Å². The monoisotopic (exact) mass is 225 g/mol. The van der Waals surface area contributed by atoms with E-state index in [2.05, 4.69) is 20.8 Å². The summed E-state index contributed by atoms with van der Waals surface area (Å²) in [5, 5.41) is 0. The summed E-state index contributed by atoms with van der Waals surface area (Å²) in [5.41, 5.74) is 6.75. The van der Waals surface area contributed by atoms with Gasteiger partial charge in [-0.2, -0.15) is 0 Å². The summed E-state index contributed by atoms with van der Waals surface area (Å²) >= 11 is 0. The van der Waals surface area contributed by atoms with E-state index in [1.54, 1.807) is 0 Å². The molecule has 2 N–H and O–H groups in total. The van der Waals surface area contributed by atoms with E-state index in [1.165, 1.54) is 57.8 Å². The lowest BCUT2D eigenvalue weighted by Crippen LogP contribution is -2.44. The van der Waals surface area contributed by atoms with Crippen molar-refractivity contribution in [2.75, 3.05) is 0 Å². The molecule has 1 aliphatic carbocycles. The number of hydrogen-bond donors (Lipinski definition) is 1. The maximum Gasteiger partial charge on any atom is 0.0157 e. The molecule has 0 bridgehead atoms. The molecular weight excluding hydrogens is 194 g/mol. The highest BCUT2D eigenvalue weighted by molar-refractivity contribution is 4.90. The molecule has 1 fully saturated rings. The van der Waals surface area contributed by atoms with Gasteiger partial charge >= 0.3 is 0 Å². The van der Waals surface area contributed by atoms with Crippen LogP contribution < -0.4 is 5.73 Å². The van der Waals surface area contributed by atoms with Crippen LogP contribution in [0, 0.1) is 11.8 Å². The second-order valence-corrected chi connectivity index (χ2v) is 6.41. The molecule has 0 aromatic heterocycles. The fourth-order valence-electron chi connectivity index (χ4n) is 3.34. The van der Waals surface area contributed by atoms with E-state index in [1.807, 2.05) is 0 Å². The van der Waals surface area contributed by atoms with Crippen LogP contribution in [0.4, 0.5) is 0 Å². The predicted molar refractivity (Wildman–Crippen MR) is 72.5 cm³/mol. The van der Waals surface area contributed by atoms with E-state index in [-0.39, 0.29) is 5.54 Å².